The maximum atomic E-state index is 14.3. The van der Waals surface area contributed by atoms with Crippen molar-refractivity contribution in [3.8, 4) is 11.4 Å². The first kappa shape index (κ1) is 25.5. The molecule has 0 radical (unpaired) electrons. The number of carbonyl (C=O) groups excluding carboxylic acids is 1. The minimum atomic E-state index is -0.336. The highest BCUT2D eigenvalue weighted by Crippen LogP contribution is 2.37. The Kier molecular flexibility index (Phi) is 7.35. The molecule has 1 aliphatic heterocycles. The van der Waals surface area contributed by atoms with Crippen molar-refractivity contribution in [2.75, 3.05) is 6.54 Å². The Morgan fingerprint density at radius 3 is 2.05 bits per heavy atom. The van der Waals surface area contributed by atoms with E-state index in [0.717, 1.165) is 18.5 Å². The summed E-state index contributed by atoms with van der Waals surface area (Å²) < 4.78 is 21.0. The molecular weight excluding hydrogens is 503 g/mol. The van der Waals surface area contributed by atoms with E-state index in [0.29, 0.717) is 18.1 Å². The van der Waals surface area contributed by atoms with E-state index in [1.54, 1.807) is 16.7 Å². The number of para-hydroxylation sites is 1. The van der Waals surface area contributed by atoms with E-state index in [1.165, 1.54) is 23.3 Å². The molecule has 2 heterocycles. The lowest BCUT2D eigenvalue weighted by Crippen LogP contribution is -2.40. The fourth-order valence-corrected chi connectivity index (χ4v) is 5.55. The standard InChI is InChI=1S/C33H29FN4O2/c34-26-18-20-28(21-19-26)40-23-30-35-36-32(38(30)27-15-8-3-9-16-27)33(39)37-22-10-17-29(37)31(24-11-4-1-5-12-24)25-13-6-2-7-14-25/h1-9,11-16,18-21,29,31H,10,17,22-23H2/t29-/m1/s1. The number of amides is 1. The van der Waals surface area contributed by atoms with Crippen LogP contribution in [0.3, 0.4) is 0 Å². The van der Waals surface area contributed by atoms with E-state index < -0.39 is 0 Å². The molecule has 5 aromatic rings. The first-order chi connectivity index (χ1) is 19.7. The molecule has 0 saturated carbocycles. The molecule has 0 aliphatic carbocycles. The van der Waals surface area contributed by atoms with Gasteiger partial charge in [0.25, 0.3) is 5.91 Å². The average Bonchev–Trinajstić information content (AvgIpc) is 3.66. The van der Waals surface area contributed by atoms with Gasteiger partial charge in [-0.15, -0.1) is 10.2 Å². The van der Waals surface area contributed by atoms with Crippen LogP contribution in [0.1, 0.15) is 46.3 Å². The molecule has 4 aromatic carbocycles. The summed E-state index contributed by atoms with van der Waals surface area (Å²) in [5, 5.41) is 8.75. The average molecular weight is 533 g/mol. The second-order valence-corrected chi connectivity index (χ2v) is 9.86. The predicted molar refractivity (Wildman–Crippen MR) is 151 cm³/mol. The zero-order valence-corrected chi connectivity index (χ0v) is 21.9. The molecular formula is C33H29FN4O2. The largest absolute Gasteiger partial charge is 0.486 e. The van der Waals surface area contributed by atoms with Crippen LogP contribution < -0.4 is 4.74 Å². The summed E-state index contributed by atoms with van der Waals surface area (Å²) in [5.41, 5.74) is 3.12. The number of carbonyl (C=O) groups is 1. The van der Waals surface area contributed by atoms with Crippen LogP contribution in [-0.4, -0.2) is 38.2 Å². The lowest BCUT2D eigenvalue weighted by Gasteiger charge is -2.32. The van der Waals surface area contributed by atoms with Gasteiger partial charge in [0, 0.05) is 24.2 Å². The number of hydrogen-bond acceptors (Lipinski definition) is 4. The van der Waals surface area contributed by atoms with E-state index in [4.69, 9.17) is 4.74 Å². The van der Waals surface area contributed by atoms with Gasteiger partial charge in [-0.3, -0.25) is 9.36 Å². The fourth-order valence-electron chi connectivity index (χ4n) is 5.55. The van der Waals surface area contributed by atoms with E-state index in [9.17, 15) is 9.18 Å². The van der Waals surface area contributed by atoms with E-state index in [-0.39, 0.29) is 36.1 Å². The number of likely N-dealkylation sites (tertiary alicyclic amines) is 1. The van der Waals surface area contributed by atoms with Gasteiger partial charge in [-0.2, -0.15) is 0 Å². The van der Waals surface area contributed by atoms with Crippen LogP contribution in [0, 0.1) is 5.82 Å². The third-order valence-electron chi connectivity index (χ3n) is 7.38. The molecule has 40 heavy (non-hydrogen) atoms. The van der Waals surface area contributed by atoms with Gasteiger partial charge in [-0.1, -0.05) is 78.9 Å². The Labute approximate surface area is 232 Å². The van der Waals surface area contributed by atoms with Gasteiger partial charge >= 0.3 is 0 Å². The summed E-state index contributed by atoms with van der Waals surface area (Å²) in [6.07, 6.45) is 1.80. The van der Waals surface area contributed by atoms with Gasteiger partial charge < -0.3 is 9.64 Å². The smallest absolute Gasteiger partial charge is 0.292 e. The molecule has 0 unspecified atom stereocenters. The number of ether oxygens (including phenoxy) is 1. The number of nitrogens with zero attached hydrogens (tertiary/aromatic N) is 4. The molecule has 7 heteroatoms. The molecule has 1 atom stereocenters. The summed E-state index contributed by atoms with van der Waals surface area (Å²) in [6, 6.07) is 36.1. The third kappa shape index (κ3) is 5.23. The van der Waals surface area contributed by atoms with Crippen LogP contribution in [0.25, 0.3) is 5.69 Å². The zero-order chi connectivity index (χ0) is 27.3. The highest BCUT2D eigenvalue weighted by Gasteiger charge is 2.38. The molecule has 6 nitrogen and oxygen atoms in total. The molecule has 1 aromatic heterocycles. The number of aromatic nitrogens is 3. The van der Waals surface area contributed by atoms with Crippen molar-refractivity contribution in [1.82, 2.24) is 19.7 Å². The topological polar surface area (TPSA) is 60.2 Å². The SMILES string of the molecule is O=C(c1nnc(COc2ccc(F)cc2)n1-c1ccccc1)N1CCC[C@@H]1C(c1ccccc1)c1ccccc1. The van der Waals surface area contributed by atoms with Crippen molar-refractivity contribution in [1.29, 1.82) is 0 Å². The van der Waals surface area contributed by atoms with Crippen molar-refractivity contribution in [2.45, 2.75) is 31.4 Å². The monoisotopic (exact) mass is 532 g/mol. The van der Waals surface area contributed by atoms with Gasteiger partial charge in [0.1, 0.15) is 18.2 Å². The van der Waals surface area contributed by atoms with E-state index in [2.05, 4.69) is 34.5 Å². The highest BCUT2D eigenvalue weighted by atomic mass is 19.1. The van der Waals surface area contributed by atoms with E-state index >= 15 is 0 Å². The zero-order valence-electron chi connectivity index (χ0n) is 21.9. The number of halogens is 1. The first-order valence-corrected chi connectivity index (χ1v) is 13.5. The van der Waals surface area contributed by atoms with Crippen LogP contribution in [0.4, 0.5) is 4.39 Å². The minimum absolute atomic E-state index is 0.0304. The van der Waals surface area contributed by atoms with Crippen LogP contribution in [0.2, 0.25) is 0 Å². The lowest BCUT2D eigenvalue weighted by atomic mass is 9.84. The molecule has 0 spiro atoms. The van der Waals surface area contributed by atoms with Gasteiger partial charge in [-0.05, 0) is 60.4 Å². The molecule has 200 valence electrons. The van der Waals surface area contributed by atoms with Crippen LogP contribution in [0.15, 0.2) is 115 Å². The van der Waals surface area contributed by atoms with Crippen molar-refractivity contribution in [3.63, 3.8) is 0 Å². The maximum absolute atomic E-state index is 14.3. The van der Waals surface area contributed by atoms with Gasteiger partial charge in [-0.25, -0.2) is 4.39 Å². The van der Waals surface area contributed by atoms with Gasteiger partial charge in [0.2, 0.25) is 5.82 Å². The molecule has 0 N–H and O–H groups in total. The summed E-state index contributed by atoms with van der Waals surface area (Å²) in [4.78, 5) is 16.2. The van der Waals surface area contributed by atoms with Gasteiger partial charge in [0.05, 0.1) is 0 Å². The molecule has 0 bridgehead atoms. The Morgan fingerprint density at radius 1 is 0.825 bits per heavy atom. The van der Waals surface area contributed by atoms with Crippen molar-refractivity contribution < 1.29 is 13.9 Å². The normalized spacial score (nSPS) is 14.9. The summed E-state index contributed by atoms with van der Waals surface area (Å²) in [6.45, 7) is 0.712. The van der Waals surface area contributed by atoms with Crippen molar-refractivity contribution in [2.24, 2.45) is 0 Å². The summed E-state index contributed by atoms with van der Waals surface area (Å²) in [5.74, 6) is 0.766. The maximum Gasteiger partial charge on any atom is 0.292 e. The Balaban J connectivity index is 1.35. The Bertz CT molecular complexity index is 1520. The molecule has 1 fully saturated rings. The highest BCUT2D eigenvalue weighted by molar-refractivity contribution is 5.92. The molecule has 1 aliphatic rings. The Hall–Kier alpha value is -4.78. The first-order valence-electron chi connectivity index (χ1n) is 13.5. The second kappa shape index (κ2) is 11.5. The number of hydrogen-bond donors (Lipinski definition) is 0. The quantitative estimate of drug-likeness (QED) is 0.231. The predicted octanol–water partition coefficient (Wildman–Crippen LogP) is 6.42. The summed E-state index contributed by atoms with van der Waals surface area (Å²) in [7, 11) is 0. The van der Waals surface area contributed by atoms with Crippen LogP contribution in [0.5, 0.6) is 5.75 Å². The molecule has 6 rings (SSSR count). The minimum Gasteiger partial charge on any atom is -0.486 e. The van der Waals surface area contributed by atoms with E-state index in [1.807, 2.05) is 71.6 Å². The fraction of sp³-hybridized carbons (Fsp3) is 0.182. The lowest BCUT2D eigenvalue weighted by molar-refractivity contribution is 0.0710. The number of benzene rings is 4. The van der Waals surface area contributed by atoms with Crippen LogP contribution in [-0.2, 0) is 6.61 Å². The molecule has 1 amide bonds. The van der Waals surface area contributed by atoms with Crippen molar-refractivity contribution >= 4 is 5.91 Å². The second-order valence-electron chi connectivity index (χ2n) is 9.86. The van der Waals surface area contributed by atoms with Gasteiger partial charge in [0.15, 0.2) is 5.82 Å². The summed E-state index contributed by atoms with van der Waals surface area (Å²) >= 11 is 0. The van der Waals surface area contributed by atoms with Crippen LogP contribution >= 0.6 is 0 Å². The molecule has 1 saturated heterocycles. The Morgan fingerprint density at radius 2 is 1.43 bits per heavy atom. The van der Waals surface area contributed by atoms with Crippen molar-refractivity contribution in [3.05, 3.63) is 144 Å². The number of rotatable bonds is 8. The third-order valence-corrected chi connectivity index (χ3v) is 7.38.